The Morgan fingerprint density at radius 2 is 1.77 bits per heavy atom. The molecule has 0 unspecified atom stereocenters. The van der Waals surface area contributed by atoms with Gasteiger partial charge in [0.25, 0.3) is 0 Å². The number of hydrogen-bond donors (Lipinski definition) is 4. The summed E-state index contributed by atoms with van der Waals surface area (Å²) in [4.78, 5) is 43.0. The van der Waals surface area contributed by atoms with Crippen LogP contribution in [0.3, 0.4) is 0 Å². The van der Waals surface area contributed by atoms with E-state index >= 15 is 0 Å². The number of ether oxygens (including phenoxy) is 3. The molecule has 10 nitrogen and oxygen atoms in total. The van der Waals surface area contributed by atoms with Gasteiger partial charge in [-0.15, -0.1) is 0 Å². The number of amides is 2. The van der Waals surface area contributed by atoms with Crippen molar-refractivity contribution in [1.29, 1.82) is 0 Å². The molecular weight excluding hydrogens is 596 g/mol. The summed E-state index contributed by atoms with van der Waals surface area (Å²) in [6.45, 7) is 6.01. The Bertz CT molecular complexity index is 1830. The second kappa shape index (κ2) is 14.6. The van der Waals surface area contributed by atoms with Gasteiger partial charge in [0.05, 0.1) is 33.1 Å². The number of nitrogens with one attached hydrogen (secondary N) is 4. The summed E-state index contributed by atoms with van der Waals surface area (Å²) in [7, 11) is 4.69. The van der Waals surface area contributed by atoms with E-state index in [0.29, 0.717) is 55.0 Å². The van der Waals surface area contributed by atoms with Gasteiger partial charge in [0.15, 0.2) is 11.5 Å². The summed E-state index contributed by atoms with van der Waals surface area (Å²) in [5, 5.41) is 10.5. The first-order valence-corrected chi connectivity index (χ1v) is 16.0. The molecule has 1 heterocycles. The first-order chi connectivity index (χ1) is 22.6. The Kier molecular flexibility index (Phi) is 10.4. The molecule has 2 amide bonds. The van der Waals surface area contributed by atoms with E-state index in [1.807, 2.05) is 50.4 Å². The average molecular weight is 641 g/mol. The van der Waals surface area contributed by atoms with E-state index in [1.165, 1.54) is 6.92 Å². The minimum absolute atomic E-state index is 0.175. The molecule has 10 heteroatoms. The molecule has 1 aromatic heterocycles. The van der Waals surface area contributed by atoms with Crippen LogP contribution < -0.4 is 35.6 Å². The van der Waals surface area contributed by atoms with E-state index in [2.05, 4.69) is 27.0 Å². The number of H-pyrrole nitrogens is 1. The molecule has 4 aromatic rings. The molecule has 4 N–H and O–H groups in total. The summed E-state index contributed by atoms with van der Waals surface area (Å²) < 4.78 is 17.2. The molecule has 0 fully saturated rings. The molecule has 0 radical (unpaired) electrons. The normalized spacial score (nSPS) is 14.4. The molecule has 0 saturated carbocycles. The Labute approximate surface area is 275 Å². The molecule has 2 atom stereocenters. The van der Waals surface area contributed by atoms with E-state index in [0.717, 1.165) is 33.2 Å². The zero-order chi connectivity index (χ0) is 33.7. The number of fused-ring (bicyclic) bond motifs is 4. The van der Waals surface area contributed by atoms with E-state index < -0.39 is 12.1 Å². The second-order valence-corrected chi connectivity index (χ2v) is 12.3. The zero-order valence-electron chi connectivity index (χ0n) is 27.9. The number of rotatable bonds is 12. The third kappa shape index (κ3) is 7.21. The van der Waals surface area contributed by atoms with Crippen LogP contribution in [0.25, 0.3) is 22.0 Å². The number of aromatic amines is 1. The van der Waals surface area contributed by atoms with Crippen LogP contribution in [0.2, 0.25) is 0 Å². The van der Waals surface area contributed by atoms with Crippen molar-refractivity contribution in [3.05, 3.63) is 81.6 Å². The SMILES string of the molecule is COc1cc2c(c(OC)c1OC)-c1ccc(N[C@H](CC(C)C)C(=O)NCCc3c[nH]c4ccccc34)c(=O)cc1[C@@H](NC(C)=O)CC2. The van der Waals surface area contributed by atoms with Gasteiger partial charge in [0, 0.05) is 36.1 Å². The number of para-hydroxylation sites is 1. The monoisotopic (exact) mass is 640 g/mol. The fourth-order valence-corrected chi connectivity index (χ4v) is 6.50. The average Bonchev–Trinajstić information content (AvgIpc) is 3.32. The van der Waals surface area contributed by atoms with Crippen LogP contribution in [0.1, 0.15) is 56.3 Å². The zero-order valence-corrected chi connectivity index (χ0v) is 27.9. The number of aromatic nitrogens is 1. The van der Waals surface area contributed by atoms with Crippen molar-refractivity contribution in [3.8, 4) is 28.4 Å². The lowest BCUT2D eigenvalue weighted by Crippen LogP contribution is -2.42. The van der Waals surface area contributed by atoms with E-state index in [-0.39, 0.29) is 28.8 Å². The van der Waals surface area contributed by atoms with Gasteiger partial charge in [0.1, 0.15) is 6.04 Å². The standard InChI is InChI=1S/C37H44N4O6/c1-21(2)17-31(37(44)38-16-15-24-20-39-28-10-8-7-9-25(24)28)41-30-14-12-26-27(19-32(30)43)29(40-22(3)42)13-11-23-18-33(45-4)35(46-5)36(47-6)34(23)26/h7-10,12,14,18-21,29,31,39H,11,13,15-17H2,1-6H3,(H,38,44)(H,40,42)(H,41,43)/t29-,31+/m0/s1. The highest BCUT2D eigenvalue weighted by Gasteiger charge is 2.30. The highest BCUT2D eigenvalue weighted by atomic mass is 16.5. The highest BCUT2D eigenvalue weighted by Crippen LogP contribution is 2.50. The van der Waals surface area contributed by atoms with Crippen molar-refractivity contribution in [2.45, 2.75) is 58.5 Å². The predicted molar refractivity (Wildman–Crippen MR) is 185 cm³/mol. The molecular formula is C37H44N4O6. The molecule has 0 bridgehead atoms. The smallest absolute Gasteiger partial charge is 0.242 e. The number of methoxy groups -OCH3 is 3. The van der Waals surface area contributed by atoms with Crippen molar-refractivity contribution in [2.24, 2.45) is 5.92 Å². The summed E-state index contributed by atoms with van der Waals surface area (Å²) in [5.74, 6) is 1.26. The molecule has 5 rings (SSSR count). The van der Waals surface area contributed by atoms with Crippen LogP contribution in [0.15, 0.2) is 59.5 Å². The number of anilines is 1. The lowest BCUT2D eigenvalue weighted by atomic mass is 9.95. The van der Waals surface area contributed by atoms with Gasteiger partial charge in [-0.25, -0.2) is 0 Å². The van der Waals surface area contributed by atoms with E-state index in [4.69, 9.17) is 14.2 Å². The fourth-order valence-electron chi connectivity index (χ4n) is 6.50. The van der Waals surface area contributed by atoms with Crippen LogP contribution in [-0.4, -0.2) is 50.7 Å². The van der Waals surface area contributed by atoms with Crippen LogP contribution in [0, 0.1) is 5.92 Å². The highest BCUT2D eigenvalue weighted by molar-refractivity contribution is 5.86. The number of aryl methyl sites for hydroxylation is 1. The minimum Gasteiger partial charge on any atom is -0.493 e. The lowest BCUT2D eigenvalue weighted by molar-refractivity contribution is -0.122. The van der Waals surface area contributed by atoms with Crippen LogP contribution in [-0.2, 0) is 22.4 Å². The lowest BCUT2D eigenvalue weighted by Gasteiger charge is -2.20. The summed E-state index contributed by atoms with van der Waals surface area (Å²) in [6, 6.07) is 14.1. The number of carbonyl (C=O) groups is 2. The molecule has 0 aliphatic heterocycles. The molecule has 1 aliphatic rings. The summed E-state index contributed by atoms with van der Waals surface area (Å²) in [6.07, 6.45) is 4.33. The largest absolute Gasteiger partial charge is 0.493 e. The van der Waals surface area contributed by atoms with Crippen LogP contribution >= 0.6 is 0 Å². The summed E-state index contributed by atoms with van der Waals surface area (Å²) in [5.41, 5.74) is 5.28. The molecule has 1 aliphatic carbocycles. The van der Waals surface area contributed by atoms with Crippen LogP contribution in [0.5, 0.6) is 17.2 Å². The van der Waals surface area contributed by atoms with Crippen LogP contribution in [0.4, 0.5) is 5.69 Å². The van der Waals surface area contributed by atoms with Gasteiger partial charge in [0.2, 0.25) is 23.0 Å². The Hall–Kier alpha value is -4.99. The van der Waals surface area contributed by atoms with E-state index in [9.17, 15) is 14.4 Å². The quantitative estimate of drug-likeness (QED) is 0.160. The first kappa shape index (κ1) is 33.4. The van der Waals surface area contributed by atoms with Crippen molar-refractivity contribution in [2.75, 3.05) is 33.2 Å². The number of hydrogen-bond acceptors (Lipinski definition) is 7. The minimum atomic E-state index is -0.634. The third-order valence-corrected chi connectivity index (χ3v) is 8.64. The van der Waals surface area contributed by atoms with Gasteiger partial charge in [-0.3, -0.25) is 14.4 Å². The summed E-state index contributed by atoms with van der Waals surface area (Å²) >= 11 is 0. The van der Waals surface area contributed by atoms with E-state index in [1.54, 1.807) is 33.5 Å². The van der Waals surface area contributed by atoms with Crippen molar-refractivity contribution < 1.29 is 23.8 Å². The Morgan fingerprint density at radius 1 is 1.00 bits per heavy atom. The molecule has 3 aromatic carbocycles. The van der Waals surface area contributed by atoms with Gasteiger partial charge < -0.3 is 35.1 Å². The maximum atomic E-state index is 13.9. The third-order valence-electron chi connectivity index (χ3n) is 8.64. The molecule has 248 valence electrons. The van der Waals surface area contributed by atoms with Gasteiger partial charge >= 0.3 is 0 Å². The van der Waals surface area contributed by atoms with Gasteiger partial charge in [-0.1, -0.05) is 38.1 Å². The number of benzene rings is 2. The topological polar surface area (TPSA) is 131 Å². The van der Waals surface area contributed by atoms with Crippen molar-refractivity contribution in [1.82, 2.24) is 15.6 Å². The Balaban J connectivity index is 1.49. The maximum absolute atomic E-state index is 13.9. The Morgan fingerprint density at radius 3 is 2.47 bits per heavy atom. The fraction of sp³-hybridized carbons (Fsp3) is 0.378. The van der Waals surface area contributed by atoms with Gasteiger partial charge in [-0.05, 0) is 78.1 Å². The van der Waals surface area contributed by atoms with Gasteiger partial charge in [-0.2, -0.15) is 0 Å². The molecule has 47 heavy (non-hydrogen) atoms. The maximum Gasteiger partial charge on any atom is 0.242 e. The molecule has 0 saturated heterocycles. The molecule has 0 spiro atoms. The van der Waals surface area contributed by atoms with Crippen molar-refractivity contribution in [3.63, 3.8) is 0 Å². The van der Waals surface area contributed by atoms with Crippen molar-refractivity contribution >= 4 is 28.4 Å². The first-order valence-electron chi connectivity index (χ1n) is 16.0. The second-order valence-electron chi connectivity index (χ2n) is 12.3. The predicted octanol–water partition coefficient (Wildman–Crippen LogP) is 5.53. The number of carbonyl (C=O) groups excluding carboxylic acids is 2.